The fraction of sp³-hybridized carbons (Fsp3) is 0.375. The Labute approximate surface area is 85.5 Å². The number of rotatable bonds is 3. The van der Waals surface area contributed by atoms with Crippen LogP contribution in [0.15, 0.2) is 16.9 Å². The zero-order valence-electron chi connectivity index (χ0n) is 7.58. The maximum atomic E-state index is 11.4. The number of aromatic amines is 1. The van der Waals surface area contributed by atoms with Crippen LogP contribution in [0, 0.1) is 0 Å². The molecule has 1 unspecified atom stereocenters. The molecule has 1 heterocycles. The normalized spacial score (nSPS) is 12.1. The number of carbonyl (C=O) groups excluding carboxylic acids is 1. The van der Waals surface area contributed by atoms with Crippen molar-refractivity contribution in [3.05, 3.63) is 28.2 Å². The molecule has 0 bridgehead atoms. The van der Waals surface area contributed by atoms with Crippen molar-refractivity contribution in [3.63, 3.8) is 0 Å². The van der Waals surface area contributed by atoms with Gasteiger partial charge >= 0.3 is 0 Å². The minimum atomic E-state index is -0.352. The summed E-state index contributed by atoms with van der Waals surface area (Å²) in [6.07, 6.45) is 0. The molecule has 0 aliphatic heterocycles. The second-order valence-electron chi connectivity index (χ2n) is 2.84. The van der Waals surface area contributed by atoms with Gasteiger partial charge in [-0.1, -0.05) is 0 Å². The van der Waals surface area contributed by atoms with Crippen LogP contribution in [-0.2, 0) is 0 Å². The van der Waals surface area contributed by atoms with E-state index in [9.17, 15) is 9.59 Å². The fourth-order valence-electron chi connectivity index (χ4n) is 0.807. The summed E-state index contributed by atoms with van der Waals surface area (Å²) in [5, 5.41) is 8.36. The maximum Gasteiger partial charge on any atom is 0.271 e. The van der Waals surface area contributed by atoms with Crippen LogP contribution in [0.2, 0.25) is 0 Å². The van der Waals surface area contributed by atoms with Crippen LogP contribution in [0.25, 0.3) is 0 Å². The van der Waals surface area contributed by atoms with Crippen molar-refractivity contribution in [3.8, 4) is 0 Å². The highest BCUT2D eigenvalue weighted by Gasteiger charge is 2.09. The van der Waals surface area contributed by atoms with Crippen LogP contribution in [0.4, 0.5) is 0 Å². The predicted octanol–water partition coefficient (Wildman–Crippen LogP) is 0.127. The van der Waals surface area contributed by atoms with Gasteiger partial charge in [-0.2, -0.15) is 5.10 Å². The molecule has 76 valence electrons. The molecule has 5 nitrogen and oxygen atoms in total. The smallest absolute Gasteiger partial charge is 0.271 e. The number of H-pyrrole nitrogens is 1. The molecule has 0 aromatic carbocycles. The first kappa shape index (κ1) is 10.7. The summed E-state index contributed by atoms with van der Waals surface area (Å²) >= 11 is 5.52. The lowest BCUT2D eigenvalue weighted by Gasteiger charge is -2.08. The zero-order chi connectivity index (χ0) is 10.6. The third-order valence-corrected chi connectivity index (χ3v) is 1.98. The van der Waals surface area contributed by atoms with E-state index < -0.39 is 0 Å². The van der Waals surface area contributed by atoms with Crippen molar-refractivity contribution in [2.75, 3.05) is 5.88 Å². The van der Waals surface area contributed by atoms with E-state index in [1.807, 2.05) is 0 Å². The summed E-state index contributed by atoms with van der Waals surface area (Å²) in [5.74, 6) is -0.0239. The molecule has 2 N–H and O–H groups in total. The van der Waals surface area contributed by atoms with Gasteiger partial charge in [0.15, 0.2) is 0 Å². The molecule has 1 aromatic rings. The van der Waals surface area contributed by atoms with Gasteiger partial charge in [0.25, 0.3) is 11.5 Å². The molecule has 0 radical (unpaired) electrons. The molecule has 6 heteroatoms. The van der Waals surface area contributed by atoms with E-state index in [2.05, 4.69) is 15.5 Å². The topological polar surface area (TPSA) is 74.8 Å². The highest BCUT2D eigenvalue weighted by molar-refractivity contribution is 6.18. The van der Waals surface area contributed by atoms with E-state index in [4.69, 9.17) is 11.6 Å². The van der Waals surface area contributed by atoms with E-state index in [-0.39, 0.29) is 23.2 Å². The monoisotopic (exact) mass is 215 g/mol. The fourth-order valence-corrected chi connectivity index (χ4v) is 0.884. The quantitative estimate of drug-likeness (QED) is 0.704. The second-order valence-corrected chi connectivity index (χ2v) is 3.14. The molecule has 0 fully saturated rings. The highest BCUT2D eigenvalue weighted by Crippen LogP contribution is 1.92. The number of amides is 1. The van der Waals surface area contributed by atoms with Crippen LogP contribution >= 0.6 is 11.6 Å². The lowest BCUT2D eigenvalue weighted by Crippen LogP contribution is -2.34. The Morgan fingerprint density at radius 2 is 2.43 bits per heavy atom. The molecular weight excluding hydrogens is 206 g/mol. The highest BCUT2D eigenvalue weighted by atomic mass is 35.5. The van der Waals surface area contributed by atoms with Crippen molar-refractivity contribution < 1.29 is 4.79 Å². The van der Waals surface area contributed by atoms with Crippen LogP contribution in [-0.4, -0.2) is 28.0 Å². The van der Waals surface area contributed by atoms with Crippen molar-refractivity contribution in [2.45, 2.75) is 13.0 Å². The molecule has 1 aromatic heterocycles. The van der Waals surface area contributed by atoms with E-state index in [1.165, 1.54) is 12.1 Å². The van der Waals surface area contributed by atoms with Crippen LogP contribution in [0.3, 0.4) is 0 Å². The predicted molar refractivity (Wildman–Crippen MR) is 52.5 cm³/mol. The van der Waals surface area contributed by atoms with Crippen molar-refractivity contribution in [1.29, 1.82) is 0 Å². The van der Waals surface area contributed by atoms with E-state index in [0.717, 1.165) is 0 Å². The number of alkyl halides is 1. The standard InChI is InChI=1S/C8H10ClN3O2/c1-5(4-9)10-8(14)6-2-3-7(13)12-11-6/h2-3,5H,4H2,1H3,(H,10,14)(H,12,13). The molecule has 0 aliphatic rings. The van der Waals surface area contributed by atoms with Gasteiger partial charge in [0.05, 0.1) is 0 Å². The van der Waals surface area contributed by atoms with Gasteiger partial charge in [-0.3, -0.25) is 9.59 Å². The number of hydrogen-bond donors (Lipinski definition) is 2. The number of nitrogens with zero attached hydrogens (tertiary/aromatic N) is 1. The average molecular weight is 216 g/mol. The SMILES string of the molecule is CC(CCl)NC(=O)c1ccc(=O)[nH]n1. The first-order valence-corrected chi connectivity index (χ1v) is 4.59. The Hall–Kier alpha value is -1.36. The van der Waals surface area contributed by atoms with Gasteiger partial charge in [-0.05, 0) is 13.0 Å². The molecule has 1 atom stereocenters. The molecule has 1 rings (SSSR count). The molecule has 0 saturated heterocycles. The Bertz CT molecular complexity index is 357. The minimum Gasteiger partial charge on any atom is -0.347 e. The summed E-state index contributed by atoms with van der Waals surface area (Å²) in [7, 11) is 0. The van der Waals surface area contributed by atoms with E-state index in [0.29, 0.717) is 5.88 Å². The minimum absolute atomic E-state index is 0.127. The number of halogens is 1. The second kappa shape index (κ2) is 4.76. The van der Waals surface area contributed by atoms with Gasteiger partial charge < -0.3 is 5.32 Å². The van der Waals surface area contributed by atoms with Crippen molar-refractivity contribution >= 4 is 17.5 Å². The molecule has 0 spiro atoms. The number of aromatic nitrogens is 2. The molecule has 14 heavy (non-hydrogen) atoms. The zero-order valence-corrected chi connectivity index (χ0v) is 8.34. The lowest BCUT2D eigenvalue weighted by atomic mass is 10.3. The van der Waals surface area contributed by atoms with Crippen molar-refractivity contribution in [2.24, 2.45) is 0 Å². The van der Waals surface area contributed by atoms with Crippen LogP contribution in [0.1, 0.15) is 17.4 Å². The van der Waals surface area contributed by atoms with E-state index >= 15 is 0 Å². The van der Waals surface area contributed by atoms with Gasteiger partial charge in [0.2, 0.25) is 0 Å². The Kier molecular flexibility index (Phi) is 3.64. The average Bonchev–Trinajstić information content (AvgIpc) is 2.18. The Balaban J connectivity index is 2.70. The van der Waals surface area contributed by atoms with Gasteiger partial charge in [0.1, 0.15) is 5.69 Å². The largest absolute Gasteiger partial charge is 0.347 e. The number of hydrogen-bond acceptors (Lipinski definition) is 3. The maximum absolute atomic E-state index is 11.4. The summed E-state index contributed by atoms with van der Waals surface area (Å²) < 4.78 is 0. The lowest BCUT2D eigenvalue weighted by molar-refractivity contribution is 0.0937. The number of nitrogens with one attached hydrogen (secondary N) is 2. The Morgan fingerprint density at radius 3 is 2.93 bits per heavy atom. The molecular formula is C8H10ClN3O2. The van der Waals surface area contributed by atoms with Gasteiger partial charge in [-0.25, -0.2) is 5.10 Å². The van der Waals surface area contributed by atoms with Crippen LogP contribution in [0.5, 0.6) is 0 Å². The summed E-state index contributed by atoms with van der Waals surface area (Å²) in [4.78, 5) is 22.0. The first-order chi connectivity index (χ1) is 6.63. The van der Waals surface area contributed by atoms with Gasteiger partial charge in [0, 0.05) is 18.0 Å². The van der Waals surface area contributed by atoms with E-state index in [1.54, 1.807) is 6.92 Å². The number of carbonyl (C=O) groups is 1. The summed E-state index contributed by atoms with van der Waals surface area (Å²) in [5.41, 5.74) is -0.173. The Morgan fingerprint density at radius 1 is 1.71 bits per heavy atom. The van der Waals surface area contributed by atoms with Gasteiger partial charge in [-0.15, -0.1) is 11.6 Å². The third-order valence-electron chi connectivity index (χ3n) is 1.52. The third kappa shape index (κ3) is 2.85. The van der Waals surface area contributed by atoms with Crippen molar-refractivity contribution in [1.82, 2.24) is 15.5 Å². The first-order valence-electron chi connectivity index (χ1n) is 4.06. The summed E-state index contributed by atoms with van der Waals surface area (Å²) in [6, 6.07) is 2.47. The van der Waals surface area contributed by atoms with Crippen LogP contribution < -0.4 is 10.9 Å². The summed E-state index contributed by atoms with van der Waals surface area (Å²) in [6.45, 7) is 1.77. The molecule has 0 saturated carbocycles. The molecule has 0 aliphatic carbocycles. The molecule has 1 amide bonds.